The maximum absolute atomic E-state index is 10.7. The minimum atomic E-state index is -0.527. The third-order valence-corrected chi connectivity index (χ3v) is 1.29. The molecule has 14 heavy (non-hydrogen) atoms. The number of hydrogen-bond acceptors (Lipinski definition) is 6. The smallest absolute Gasteiger partial charge is 0.331 e. The number of esters is 2. The van der Waals surface area contributed by atoms with Crippen LogP contribution >= 0.6 is 25.3 Å². The fraction of sp³-hybridized carbons (Fsp3) is 0.250. The lowest BCUT2D eigenvalue weighted by atomic mass is 10.6. The van der Waals surface area contributed by atoms with E-state index in [1.807, 2.05) is 0 Å². The average Bonchev–Trinajstić information content (AvgIpc) is 2.13. The van der Waals surface area contributed by atoms with Crippen LogP contribution in [-0.2, 0) is 19.1 Å². The number of thiol groups is 2. The van der Waals surface area contributed by atoms with Gasteiger partial charge in [-0.25, -0.2) is 9.59 Å². The molecule has 0 aliphatic rings. The topological polar surface area (TPSA) is 52.6 Å². The van der Waals surface area contributed by atoms with Crippen LogP contribution in [0.1, 0.15) is 0 Å². The molecule has 0 aromatic rings. The Hall–Kier alpha value is -0.880. The predicted octanol–water partition coefficient (Wildman–Crippen LogP) is 0.960. The molecule has 0 saturated heterocycles. The van der Waals surface area contributed by atoms with Crippen molar-refractivity contribution in [2.75, 3.05) is 13.2 Å². The van der Waals surface area contributed by atoms with E-state index in [2.05, 4.69) is 34.7 Å². The number of carbonyl (C=O) groups excluding carboxylic acids is 2. The fourth-order valence-electron chi connectivity index (χ4n) is 0.502. The molecule has 0 radical (unpaired) electrons. The molecule has 0 bridgehead atoms. The zero-order chi connectivity index (χ0) is 10.8. The Kier molecular flexibility index (Phi) is 8.16. The molecule has 0 atom stereocenters. The summed E-state index contributed by atoms with van der Waals surface area (Å²) >= 11 is 7.36. The first kappa shape index (κ1) is 13.1. The van der Waals surface area contributed by atoms with Crippen LogP contribution in [0.2, 0.25) is 0 Å². The third kappa shape index (κ3) is 7.75. The molecule has 0 N–H and O–H groups in total. The van der Waals surface area contributed by atoms with Crippen LogP contribution in [0.3, 0.4) is 0 Å². The molecular weight excluding hydrogens is 224 g/mol. The predicted molar refractivity (Wildman–Crippen MR) is 58.2 cm³/mol. The van der Waals surface area contributed by atoms with Gasteiger partial charge >= 0.3 is 11.9 Å². The highest BCUT2D eigenvalue weighted by molar-refractivity contribution is 7.83. The Balaban J connectivity index is 3.47. The highest BCUT2D eigenvalue weighted by Crippen LogP contribution is 1.87. The summed E-state index contributed by atoms with van der Waals surface area (Å²) in [7, 11) is 0. The maximum Gasteiger partial charge on any atom is 0.331 e. The van der Waals surface area contributed by atoms with E-state index < -0.39 is 11.9 Å². The first-order valence-corrected chi connectivity index (χ1v) is 4.69. The van der Waals surface area contributed by atoms with Crippen molar-refractivity contribution in [3.05, 3.63) is 23.0 Å². The van der Waals surface area contributed by atoms with Gasteiger partial charge in [0.15, 0.2) is 0 Å². The van der Waals surface area contributed by atoms with Gasteiger partial charge in [-0.05, 0) is 10.8 Å². The van der Waals surface area contributed by atoms with Crippen molar-refractivity contribution >= 4 is 37.2 Å². The van der Waals surface area contributed by atoms with E-state index in [-0.39, 0.29) is 13.2 Å². The lowest BCUT2D eigenvalue weighted by Crippen LogP contribution is -2.11. The van der Waals surface area contributed by atoms with Crippen molar-refractivity contribution < 1.29 is 19.1 Å². The number of carbonyl (C=O) groups is 2. The van der Waals surface area contributed by atoms with Gasteiger partial charge in [0.25, 0.3) is 0 Å². The molecule has 4 nitrogen and oxygen atoms in total. The van der Waals surface area contributed by atoms with Crippen LogP contribution in [0.25, 0.3) is 0 Å². The van der Waals surface area contributed by atoms with Gasteiger partial charge in [0, 0.05) is 12.2 Å². The standard InChI is InChI=1S/C8H10O4S2/c9-7(1-5-13)11-3-4-12-8(10)2-6-14/h1-2,5-6,13-14H,3-4H2. The van der Waals surface area contributed by atoms with Gasteiger partial charge in [0.2, 0.25) is 0 Å². The molecule has 78 valence electrons. The maximum atomic E-state index is 10.7. The Morgan fingerprint density at radius 3 is 1.57 bits per heavy atom. The molecule has 0 heterocycles. The summed E-state index contributed by atoms with van der Waals surface area (Å²) in [5.74, 6) is -1.05. The lowest BCUT2D eigenvalue weighted by Gasteiger charge is -2.01. The SMILES string of the molecule is O=C(C=CS)OCCOC(=O)C=CS. The molecule has 0 saturated carbocycles. The van der Waals surface area contributed by atoms with E-state index in [1.165, 1.54) is 10.8 Å². The zero-order valence-corrected chi connectivity index (χ0v) is 9.04. The second kappa shape index (κ2) is 8.71. The first-order valence-electron chi connectivity index (χ1n) is 3.65. The summed E-state index contributed by atoms with van der Waals surface area (Å²) in [6.45, 7) is 0.0339. The second-order valence-corrected chi connectivity index (χ2v) is 2.56. The summed E-state index contributed by atoms with van der Waals surface area (Å²) in [6.07, 6.45) is 2.30. The molecule has 0 aliphatic carbocycles. The zero-order valence-electron chi connectivity index (χ0n) is 7.25. The molecule has 0 fully saturated rings. The Morgan fingerprint density at radius 1 is 0.929 bits per heavy atom. The third-order valence-electron chi connectivity index (χ3n) is 0.993. The number of hydrogen-bond donors (Lipinski definition) is 2. The number of rotatable bonds is 5. The number of ether oxygens (including phenoxy) is 2. The summed E-state index contributed by atoms with van der Waals surface area (Å²) in [6, 6.07) is 0. The van der Waals surface area contributed by atoms with E-state index in [0.717, 1.165) is 12.2 Å². The molecule has 0 aliphatic heterocycles. The minimum Gasteiger partial charge on any atom is -0.459 e. The van der Waals surface area contributed by atoms with E-state index >= 15 is 0 Å². The van der Waals surface area contributed by atoms with E-state index in [9.17, 15) is 9.59 Å². The van der Waals surface area contributed by atoms with Crippen LogP contribution in [0.5, 0.6) is 0 Å². The first-order chi connectivity index (χ1) is 6.70. The summed E-state index contributed by atoms with van der Waals surface area (Å²) < 4.78 is 9.23. The molecule has 0 spiro atoms. The fourth-order valence-corrected chi connectivity index (χ4v) is 0.746. The van der Waals surface area contributed by atoms with Gasteiger partial charge in [-0.1, -0.05) is 0 Å². The van der Waals surface area contributed by atoms with Crippen molar-refractivity contribution in [3.8, 4) is 0 Å². The van der Waals surface area contributed by atoms with Gasteiger partial charge in [-0.15, -0.1) is 0 Å². The molecule has 0 rings (SSSR count). The molecule has 6 heteroatoms. The lowest BCUT2D eigenvalue weighted by molar-refractivity contribution is -0.146. The van der Waals surface area contributed by atoms with Crippen LogP contribution in [-0.4, -0.2) is 25.2 Å². The largest absolute Gasteiger partial charge is 0.459 e. The van der Waals surface area contributed by atoms with Crippen molar-refractivity contribution in [2.45, 2.75) is 0 Å². The Bertz CT molecular complexity index is 222. The molecule has 0 aromatic heterocycles. The van der Waals surface area contributed by atoms with Crippen molar-refractivity contribution in [1.82, 2.24) is 0 Å². The highest BCUT2D eigenvalue weighted by Gasteiger charge is 1.98. The van der Waals surface area contributed by atoms with Gasteiger partial charge in [-0.3, -0.25) is 0 Å². The summed E-state index contributed by atoms with van der Waals surface area (Å²) in [4.78, 5) is 21.4. The van der Waals surface area contributed by atoms with Gasteiger partial charge in [0.05, 0.1) is 0 Å². The second-order valence-electron chi connectivity index (χ2n) is 1.97. The summed E-state index contributed by atoms with van der Waals surface area (Å²) in [5.41, 5.74) is 0. The normalized spacial score (nSPS) is 10.7. The molecular formula is C8H10O4S2. The van der Waals surface area contributed by atoms with Crippen molar-refractivity contribution in [2.24, 2.45) is 0 Å². The van der Waals surface area contributed by atoms with Crippen molar-refractivity contribution in [1.29, 1.82) is 0 Å². The minimum absolute atomic E-state index is 0.0170. The molecule has 0 aromatic carbocycles. The van der Waals surface area contributed by atoms with E-state index in [0.29, 0.717) is 0 Å². The monoisotopic (exact) mass is 234 g/mol. The van der Waals surface area contributed by atoms with Gasteiger partial charge in [-0.2, -0.15) is 25.3 Å². The highest BCUT2D eigenvalue weighted by atomic mass is 32.1. The average molecular weight is 234 g/mol. The Morgan fingerprint density at radius 2 is 1.29 bits per heavy atom. The van der Waals surface area contributed by atoms with Crippen LogP contribution in [0.15, 0.2) is 23.0 Å². The quantitative estimate of drug-likeness (QED) is 0.322. The molecule has 0 amide bonds. The Labute approximate surface area is 92.8 Å². The van der Waals surface area contributed by atoms with Crippen LogP contribution in [0.4, 0.5) is 0 Å². The van der Waals surface area contributed by atoms with Crippen LogP contribution in [0, 0.1) is 0 Å². The van der Waals surface area contributed by atoms with E-state index in [4.69, 9.17) is 0 Å². The summed E-state index contributed by atoms with van der Waals surface area (Å²) in [5, 5.41) is 2.52. The van der Waals surface area contributed by atoms with Gasteiger partial charge < -0.3 is 9.47 Å². The van der Waals surface area contributed by atoms with Crippen LogP contribution < -0.4 is 0 Å². The molecule has 0 unspecified atom stereocenters. The van der Waals surface area contributed by atoms with E-state index in [1.54, 1.807) is 0 Å². The van der Waals surface area contributed by atoms with Crippen molar-refractivity contribution in [3.63, 3.8) is 0 Å². The van der Waals surface area contributed by atoms with Gasteiger partial charge in [0.1, 0.15) is 13.2 Å².